The monoisotopic (exact) mass is 211 g/mol. The van der Waals surface area contributed by atoms with Crippen molar-refractivity contribution in [2.75, 3.05) is 33.2 Å². The minimum absolute atomic E-state index is 0.247. The first-order valence-corrected chi connectivity index (χ1v) is 6.00. The molecule has 0 atom stereocenters. The van der Waals surface area contributed by atoms with Crippen molar-refractivity contribution in [3.05, 3.63) is 0 Å². The molecular weight excluding hydrogens is 190 g/mol. The first kappa shape index (κ1) is 10.9. The van der Waals surface area contributed by atoms with Gasteiger partial charge in [-0.25, -0.2) is 5.01 Å². The number of nitrogens with zero attached hydrogens (tertiary/aromatic N) is 2. The fourth-order valence-corrected chi connectivity index (χ4v) is 2.35. The van der Waals surface area contributed by atoms with Crippen LogP contribution in [0.2, 0.25) is 0 Å². The van der Waals surface area contributed by atoms with Gasteiger partial charge >= 0.3 is 0 Å². The highest BCUT2D eigenvalue weighted by atomic mass is 16.2. The maximum Gasteiger partial charge on any atom is 0.237 e. The number of hydrazine groups is 1. The van der Waals surface area contributed by atoms with Crippen LogP contribution in [0, 0.1) is 5.92 Å². The van der Waals surface area contributed by atoms with E-state index in [-0.39, 0.29) is 11.8 Å². The summed E-state index contributed by atoms with van der Waals surface area (Å²) in [5.74, 6) is 0.529. The molecule has 2 rings (SSSR count). The second-order valence-electron chi connectivity index (χ2n) is 4.75. The fourth-order valence-electron chi connectivity index (χ4n) is 2.35. The van der Waals surface area contributed by atoms with Crippen molar-refractivity contribution in [3.8, 4) is 0 Å². The van der Waals surface area contributed by atoms with Crippen molar-refractivity contribution in [2.24, 2.45) is 5.92 Å². The molecule has 1 aliphatic carbocycles. The lowest BCUT2D eigenvalue weighted by Gasteiger charge is -2.33. The Labute approximate surface area is 91.6 Å². The summed E-state index contributed by atoms with van der Waals surface area (Å²) in [6, 6.07) is 0. The van der Waals surface area contributed by atoms with E-state index in [2.05, 4.69) is 22.4 Å². The minimum atomic E-state index is 0.247. The number of rotatable bonds is 2. The fraction of sp³-hybridized carbons (Fsp3) is 0.909. The summed E-state index contributed by atoms with van der Waals surface area (Å²) in [5.41, 5.74) is 3.05. The SMILES string of the molecule is CN1CCN(NC(=O)C2CCCC2)CC1. The zero-order chi connectivity index (χ0) is 10.7. The third-order valence-electron chi connectivity index (χ3n) is 3.50. The molecule has 4 nitrogen and oxygen atoms in total. The number of likely N-dealkylation sites (N-methyl/N-ethyl adjacent to an activating group) is 1. The van der Waals surface area contributed by atoms with Crippen molar-refractivity contribution in [1.82, 2.24) is 15.3 Å². The van der Waals surface area contributed by atoms with Gasteiger partial charge in [0.25, 0.3) is 0 Å². The van der Waals surface area contributed by atoms with Gasteiger partial charge in [0.1, 0.15) is 0 Å². The molecule has 0 bridgehead atoms. The zero-order valence-electron chi connectivity index (χ0n) is 9.54. The van der Waals surface area contributed by atoms with E-state index in [4.69, 9.17) is 0 Å². The molecule has 86 valence electrons. The standard InChI is InChI=1S/C11H21N3O/c1-13-6-8-14(9-7-13)12-11(15)10-4-2-3-5-10/h10H,2-9H2,1H3,(H,12,15). The van der Waals surface area contributed by atoms with Crippen LogP contribution < -0.4 is 5.43 Å². The molecule has 4 heteroatoms. The van der Waals surface area contributed by atoms with Crippen LogP contribution in [0.5, 0.6) is 0 Å². The van der Waals surface area contributed by atoms with Gasteiger partial charge in [0.05, 0.1) is 0 Å². The molecule has 0 aromatic carbocycles. The van der Waals surface area contributed by atoms with E-state index < -0.39 is 0 Å². The van der Waals surface area contributed by atoms with Crippen LogP contribution >= 0.6 is 0 Å². The lowest BCUT2D eigenvalue weighted by Crippen LogP contribution is -2.53. The van der Waals surface area contributed by atoms with Gasteiger partial charge in [0, 0.05) is 32.1 Å². The van der Waals surface area contributed by atoms with E-state index in [0.717, 1.165) is 39.0 Å². The predicted molar refractivity (Wildman–Crippen MR) is 59.2 cm³/mol. The van der Waals surface area contributed by atoms with E-state index in [1.54, 1.807) is 0 Å². The number of hydrogen-bond donors (Lipinski definition) is 1. The first-order valence-electron chi connectivity index (χ1n) is 6.00. The topological polar surface area (TPSA) is 35.6 Å². The number of amides is 1. The molecular formula is C11H21N3O. The Kier molecular flexibility index (Phi) is 3.59. The van der Waals surface area contributed by atoms with Gasteiger partial charge in [-0.15, -0.1) is 0 Å². The van der Waals surface area contributed by atoms with Crippen molar-refractivity contribution in [3.63, 3.8) is 0 Å². The van der Waals surface area contributed by atoms with Gasteiger partial charge < -0.3 is 4.90 Å². The molecule has 0 radical (unpaired) electrons. The molecule has 1 saturated heterocycles. The summed E-state index contributed by atoms with van der Waals surface area (Å²) < 4.78 is 0. The molecule has 1 N–H and O–H groups in total. The van der Waals surface area contributed by atoms with E-state index in [9.17, 15) is 4.79 Å². The van der Waals surface area contributed by atoms with E-state index in [1.807, 2.05) is 0 Å². The molecule has 1 amide bonds. The van der Waals surface area contributed by atoms with Crippen molar-refractivity contribution >= 4 is 5.91 Å². The molecule has 15 heavy (non-hydrogen) atoms. The number of carbonyl (C=O) groups is 1. The van der Waals surface area contributed by atoms with Crippen LogP contribution in [0.15, 0.2) is 0 Å². The maximum atomic E-state index is 11.8. The maximum absolute atomic E-state index is 11.8. The number of hydrogen-bond acceptors (Lipinski definition) is 3. The highest BCUT2D eigenvalue weighted by molar-refractivity contribution is 5.78. The third kappa shape index (κ3) is 2.92. The molecule has 0 aromatic heterocycles. The Morgan fingerprint density at radius 1 is 1.13 bits per heavy atom. The Morgan fingerprint density at radius 2 is 1.73 bits per heavy atom. The summed E-state index contributed by atoms with van der Waals surface area (Å²) in [6.07, 6.45) is 4.61. The molecule has 1 aliphatic heterocycles. The van der Waals surface area contributed by atoms with Gasteiger partial charge in [-0.3, -0.25) is 10.2 Å². The second kappa shape index (κ2) is 4.94. The quantitative estimate of drug-likeness (QED) is 0.720. The molecule has 1 heterocycles. The normalized spacial score (nSPS) is 25.7. The number of carbonyl (C=O) groups excluding carboxylic acids is 1. The second-order valence-corrected chi connectivity index (χ2v) is 4.75. The molecule has 1 saturated carbocycles. The molecule has 0 aromatic rings. The molecule has 2 aliphatic rings. The number of nitrogens with one attached hydrogen (secondary N) is 1. The molecule has 2 fully saturated rings. The largest absolute Gasteiger partial charge is 0.304 e. The Bertz CT molecular complexity index is 218. The summed E-state index contributed by atoms with van der Waals surface area (Å²) in [4.78, 5) is 14.1. The average Bonchev–Trinajstić information content (AvgIpc) is 2.74. The van der Waals surface area contributed by atoms with Crippen LogP contribution in [-0.4, -0.2) is 49.0 Å². The van der Waals surface area contributed by atoms with Crippen LogP contribution in [-0.2, 0) is 4.79 Å². The first-order chi connectivity index (χ1) is 7.25. The minimum Gasteiger partial charge on any atom is -0.304 e. The summed E-state index contributed by atoms with van der Waals surface area (Å²) in [5, 5.41) is 2.07. The van der Waals surface area contributed by atoms with Gasteiger partial charge in [-0.1, -0.05) is 12.8 Å². The van der Waals surface area contributed by atoms with Crippen molar-refractivity contribution < 1.29 is 4.79 Å². The van der Waals surface area contributed by atoms with E-state index in [1.165, 1.54) is 12.8 Å². The van der Waals surface area contributed by atoms with Gasteiger partial charge in [0.15, 0.2) is 0 Å². The van der Waals surface area contributed by atoms with Crippen LogP contribution in [0.3, 0.4) is 0 Å². The summed E-state index contributed by atoms with van der Waals surface area (Å²) in [7, 11) is 2.12. The Balaban J connectivity index is 1.74. The molecule has 0 spiro atoms. The van der Waals surface area contributed by atoms with Crippen LogP contribution in [0.4, 0.5) is 0 Å². The Hall–Kier alpha value is -0.610. The van der Waals surface area contributed by atoms with E-state index >= 15 is 0 Å². The van der Waals surface area contributed by atoms with Gasteiger partial charge in [0.2, 0.25) is 5.91 Å². The smallest absolute Gasteiger partial charge is 0.237 e. The average molecular weight is 211 g/mol. The highest BCUT2D eigenvalue weighted by Gasteiger charge is 2.24. The summed E-state index contributed by atoms with van der Waals surface area (Å²) in [6.45, 7) is 4.00. The molecule has 0 unspecified atom stereocenters. The van der Waals surface area contributed by atoms with Gasteiger partial charge in [-0.05, 0) is 19.9 Å². The Morgan fingerprint density at radius 3 is 2.33 bits per heavy atom. The van der Waals surface area contributed by atoms with Crippen molar-refractivity contribution in [1.29, 1.82) is 0 Å². The predicted octanol–water partition coefficient (Wildman–Crippen LogP) is 0.455. The lowest BCUT2D eigenvalue weighted by atomic mass is 10.1. The lowest BCUT2D eigenvalue weighted by molar-refractivity contribution is -0.130. The van der Waals surface area contributed by atoms with Crippen molar-refractivity contribution in [2.45, 2.75) is 25.7 Å². The van der Waals surface area contributed by atoms with E-state index in [0.29, 0.717) is 0 Å². The van der Waals surface area contributed by atoms with Crippen LogP contribution in [0.1, 0.15) is 25.7 Å². The summed E-state index contributed by atoms with van der Waals surface area (Å²) >= 11 is 0. The third-order valence-corrected chi connectivity index (χ3v) is 3.50. The number of piperazine rings is 1. The zero-order valence-corrected chi connectivity index (χ0v) is 9.54. The van der Waals surface area contributed by atoms with Crippen LogP contribution in [0.25, 0.3) is 0 Å². The van der Waals surface area contributed by atoms with Gasteiger partial charge in [-0.2, -0.15) is 0 Å². The highest BCUT2D eigenvalue weighted by Crippen LogP contribution is 2.24.